The number of aromatic nitrogens is 1. The average Bonchev–Trinajstić information content (AvgIpc) is 2.37. The second kappa shape index (κ2) is 5.83. The number of carbonyl (C=O) groups is 1. The van der Waals surface area contributed by atoms with E-state index in [-0.39, 0.29) is 32.3 Å². The molecule has 1 aromatic heterocycles. The number of rotatable bonds is 3. The molecule has 0 radical (unpaired) electrons. The lowest BCUT2D eigenvalue weighted by Crippen LogP contribution is -2.13. The van der Waals surface area contributed by atoms with Crippen molar-refractivity contribution < 1.29 is 13.9 Å². The fraction of sp³-hybridized carbons (Fsp3) is 0. The van der Waals surface area contributed by atoms with Gasteiger partial charge < -0.3 is 10.5 Å². The van der Waals surface area contributed by atoms with Crippen LogP contribution in [-0.2, 0) is 0 Å². The van der Waals surface area contributed by atoms with Gasteiger partial charge in [0.25, 0.3) is 5.91 Å². The molecule has 0 bridgehead atoms. The molecule has 4 nitrogen and oxygen atoms in total. The van der Waals surface area contributed by atoms with Crippen LogP contribution in [0.4, 0.5) is 4.39 Å². The number of primary amides is 1. The van der Waals surface area contributed by atoms with E-state index in [1.165, 1.54) is 12.3 Å². The van der Waals surface area contributed by atoms with E-state index in [0.29, 0.717) is 0 Å². The molecule has 0 aliphatic rings. The summed E-state index contributed by atoms with van der Waals surface area (Å²) < 4.78 is 19.0. The highest BCUT2D eigenvalue weighted by Gasteiger charge is 2.14. The van der Waals surface area contributed by atoms with E-state index in [0.717, 1.165) is 12.1 Å². The van der Waals surface area contributed by atoms with Gasteiger partial charge in [-0.2, -0.15) is 0 Å². The molecule has 104 valence electrons. The normalized spacial score (nSPS) is 10.4. The van der Waals surface area contributed by atoms with Crippen LogP contribution in [0.3, 0.4) is 0 Å². The minimum atomic E-state index is -0.924. The minimum Gasteiger partial charge on any atom is -0.454 e. The van der Waals surface area contributed by atoms with Crippen molar-refractivity contribution in [2.75, 3.05) is 0 Å². The molecular weight excluding hydrogens is 330 g/mol. The van der Waals surface area contributed by atoms with Crippen LogP contribution in [0.15, 0.2) is 24.4 Å². The van der Waals surface area contributed by atoms with Crippen molar-refractivity contribution in [3.8, 4) is 11.5 Å². The van der Waals surface area contributed by atoms with Crippen LogP contribution in [0.5, 0.6) is 11.5 Å². The lowest BCUT2D eigenvalue weighted by Gasteiger charge is -2.09. The summed E-state index contributed by atoms with van der Waals surface area (Å²) in [5, 5.41) is 0.307. The smallest absolute Gasteiger partial charge is 0.251 e. The number of carbonyl (C=O) groups excluding carboxylic acids is 1. The largest absolute Gasteiger partial charge is 0.454 e. The molecule has 0 atom stereocenters. The highest BCUT2D eigenvalue weighted by molar-refractivity contribution is 6.41. The Bertz CT molecular complexity index is 695. The molecule has 0 aliphatic carbocycles. The Kier molecular flexibility index (Phi) is 4.32. The molecule has 0 aliphatic heterocycles. The zero-order valence-corrected chi connectivity index (χ0v) is 11.9. The third-order valence-corrected chi connectivity index (χ3v) is 3.27. The second-order valence-electron chi connectivity index (χ2n) is 3.67. The Hall–Kier alpha value is -1.56. The van der Waals surface area contributed by atoms with Crippen molar-refractivity contribution in [1.82, 2.24) is 4.98 Å². The predicted octanol–water partition coefficient (Wildman–Crippen LogP) is 4.07. The predicted molar refractivity (Wildman–Crippen MR) is 74.3 cm³/mol. The van der Waals surface area contributed by atoms with Gasteiger partial charge in [0.1, 0.15) is 22.5 Å². The Morgan fingerprint density at radius 3 is 2.50 bits per heavy atom. The highest BCUT2D eigenvalue weighted by atomic mass is 35.5. The van der Waals surface area contributed by atoms with Crippen LogP contribution in [-0.4, -0.2) is 10.9 Å². The molecule has 8 heteroatoms. The third kappa shape index (κ3) is 3.12. The summed E-state index contributed by atoms with van der Waals surface area (Å²) >= 11 is 17.3. The number of benzene rings is 1. The molecular formula is C12H6Cl3FN2O2. The summed E-state index contributed by atoms with van der Waals surface area (Å²) in [4.78, 5) is 14.7. The third-order valence-electron chi connectivity index (χ3n) is 2.29. The van der Waals surface area contributed by atoms with Gasteiger partial charge in [-0.15, -0.1) is 0 Å². The fourth-order valence-corrected chi connectivity index (χ4v) is 1.84. The second-order valence-corrected chi connectivity index (χ2v) is 4.84. The van der Waals surface area contributed by atoms with Crippen LogP contribution in [0.25, 0.3) is 0 Å². The first-order chi connectivity index (χ1) is 9.38. The van der Waals surface area contributed by atoms with Gasteiger partial charge in [-0.25, -0.2) is 9.37 Å². The van der Waals surface area contributed by atoms with E-state index < -0.39 is 11.7 Å². The molecule has 1 aromatic carbocycles. The molecule has 1 amide bonds. The topological polar surface area (TPSA) is 65.2 Å². The molecule has 0 spiro atoms. The number of ether oxygens (including phenoxy) is 1. The zero-order chi connectivity index (χ0) is 14.9. The summed E-state index contributed by atoms with van der Waals surface area (Å²) in [6.07, 6.45) is 1.30. The molecule has 2 aromatic rings. The van der Waals surface area contributed by atoms with Crippen molar-refractivity contribution in [2.45, 2.75) is 0 Å². The number of halogens is 4. The standard InChI is InChI=1S/C12H6Cl3FN2O2/c13-7-2-6(12(17)19)9(16)3-10(7)20-5-1-8(14)11(15)18-4-5/h1-4H,(H2,17,19). The van der Waals surface area contributed by atoms with E-state index in [1.54, 1.807) is 0 Å². The van der Waals surface area contributed by atoms with Gasteiger partial charge in [0.05, 0.1) is 21.8 Å². The van der Waals surface area contributed by atoms with Gasteiger partial charge in [0, 0.05) is 12.1 Å². The summed E-state index contributed by atoms with van der Waals surface area (Å²) in [5.41, 5.74) is 4.68. The van der Waals surface area contributed by atoms with Gasteiger partial charge in [-0.05, 0) is 6.07 Å². The number of hydrogen-bond donors (Lipinski definition) is 1. The summed E-state index contributed by atoms with van der Waals surface area (Å²) in [5.74, 6) is -1.56. The van der Waals surface area contributed by atoms with E-state index >= 15 is 0 Å². The van der Waals surface area contributed by atoms with Gasteiger partial charge in [0.2, 0.25) is 0 Å². The van der Waals surface area contributed by atoms with Crippen LogP contribution in [0, 0.1) is 5.82 Å². The van der Waals surface area contributed by atoms with Crippen molar-refractivity contribution >= 4 is 40.7 Å². The summed E-state index contributed by atoms with van der Waals surface area (Å²) in [6, 6.07) is 3.43. The molecule has 0 saturated heterocycles. The molecule has 0 fully saturated rings. The molecule has 1 heterocycles. The van der Waals surface area contributed by atoms with Crippen molar-refractivity contribution in [1.29, 1.82) is 0 Å². The van der Waals surface area contributed by atoms with Crippen molar-refractivity contribution in [3.63, 3.8) is 0 Å². The lowest BCUT2D eigenvalue weighted by atomic mass is 10.2. The number of hydrogen-bond acceptors (Lipinski definition) is 3. The first kappa shape index (κ1) is 14.8. The average molecular weight is 336 g/mol. The summed E-state index contributed by atoms with van der Waals surface area (Å²) in [6.45, 7) is 0. The maximum Gasteiger partial charge on any atom is 0.251 e. The van der Waals surface area contributed by atoms with Gasteiger partial charge in [0.15, 0.2) is 0 Å². The molecule has 2 N–H and O–H groups in total. The number of nitrogens with zero attached hydrogens (tertiary/aromatic N) is 1. The van der Waals surface area contributed by atoms with E-state index in [9.17, 15) is 9.18 Å². The first-order valence-electron chi connectivity index (χ1n) is 5.16. The van der Waals surface area contributed by atoms with Crippen LogP contribution < -0.4 is 10.5 Å². The molecule has 2 rings (SSSR count). The van der Waals surface area contributed by atoms with Gasteiger partial charge in [-0.1, -0.05) is 34.8 Å². The maximum absolute atomic E-state index is 13.6. The summed E-state index contributed by atoms with van der Waals surface area (Å²) in [7, 11) is 0. The van der Waals surface area contributed by atoms with Crippen LogP contribution in [0.1, 0.15) is 10.4 Å². The molecule has 20 heavy (non-hydrogen) atoms. The van der Waals surface area contributed by atoms with Crippen LogP contribution >= 0.6 is 34.8 Å². The lowest BCUT2D eigenvalue weighted by molar-refractivity contribution is 0.0996. The SMILES string of the molecule is NC(=O)c1cc(Cl)c(Oc2cnc(Cl)c(Cl)c2)cc1F. The molecule has 0 saturated carbocycles. The Labute approximate surface area is 128 Å². The first-order valence-corrected chi connectivity index (χ1v) is 6.29. The van der Waals surface area contributed by atoms with E-state index in [1.807, 2.05) is 0 Å². The quantitative estimate of drug-likeness (QED) is 0.860. The van der Waals surface area contributed by atoms with E-state index in [4.69, 9.17) is 45.3 Å². The molecule has 0 unspecified atom stereocenters. The number of amides is 1. The number of nitrogens with two attached hydrogens (primary N) is 1. The van der Waals surface area contributed by atoms with Gasteiger partial charge >= 0.3 is 0 Å². The Balaban J connectivity index is 2.36. The van der Waals surface area contributed by atoms with Crippen LogP contribution in [0.2, 0.25) is 15.2 Å². The van der Waals surface area contributed by atoms with Crippen molar-refractivity contribution in [2.24, 2.45) is 5.73 Å². The maximum atomic E-state index is 13.6. The van der Waals surface area contributed by atoms with Crippen molar-refractivity contribution in [3.05, 3.63) is 51.0 Å². The fourth-order valence-electron chi connectivity index (χ4n) is 1.38. The Morgan fingerprint density at radius 2 is 1.90 bits per heavy atom. The highest BCUT2D eigenvalue weighted by Crippen LogP contribution is 2.33. The number of pyridine rings is 1. The zero-order valence-electron chi connectivity index (χ0n) is 9.66. The Morgan fingerprint density at radius 1 is 1.20 bits per heavy atom. The minimum absolute atomic E-state index is 0.00523. The monoisotopic (exact) mass is 334 g/mol. The van der Waals surface area contributed by atoms with E-state index in [2.05, 4.69) is 4.98 Å². The van der Waals surface area contributed by atoms with Gasteiger partial charge in [-0.3, -0.25) is 4.79 Å².